The fourth-order valence-corrected chi connectivity index (χ4v) is 1.50. The standard InChI is InChI=1S/C7H13NO5S/c1-5(9)8-6(7(10)11)3-4-14(2,12)13/h6H,3-4H2,1-2H3,(H,8,9)(H,10,11)/t6-/m1/s1. The zero-order valence-corrected chi connectivity index (χ0v) is 8.80. The molecule has 0 aromatic rings. The van der Waals surface area contributed by atoms with Crippen LogP contribution in [0.4, 0.5) is 0 Å². The molecule has 0 aromatic heterocycles. The minimum Gasteiger partial charge on any atom is -0.480 e. The summed E-state index contributed by atoms with van der Waals surface area (Å²) < 4.78 is 21.5. The Balaban J connectivity index is 4.25. The van der Waals surface area contributed by atoms with Crippen molar-refractivity contribution in [3.63, 3.8) is 0 Å². The summed E-state index contributed by atoms with van der Waals surface area (Å²) >= 11 is 0. The first kappa shape index (κ1) is 12.9. The van der Waals surface area contributed by atoms with Crippen molar-refractivity contribution in [1.82, 2.24) is 5.32 Å². The van der Waals surface area contributed by atoms with Crippen LogP contribution in [0.1, 0.15) is 13.3 Å². The van der Waals surface area contributed by atoms with Crippen molar-refractivity contribution >= 4 is 21.7 Å². The van der Waals surface area contributed by atoms with Crippen LogP contribution in [-0.4, -0.2) is 43.5 Å². The molecule has 82 valence electrons. The van der Waals surface area contributed by atoms with Crippen LogP contribution in [0.2, 0.25) is 0 Å². The van der Waals surface area contributed by atoms with Gasteiger partial charge >= 0.3 is 5.97 Å². The predicted molar refractivity (Wildman–Crippen MR) is 49.6 cm³/mol. The van der Waals surface area contributed by atoms with Crippen molar-refractivity contribution in [1.29, 1.82) is 0 Å². The highest BCUT2D eigenvalue weighted by Crippen LogP contribution is 1.96. The van der Waals surface area contributed by atoms with E-state index >= 15 is 0 Å². The van der Waals surface area contributed by atoms with Gasteiger partial charge in [-0.3, -0.25) is 4.79 Å². The number of amides is 1. The number of nitrogens with one attached hydrogen (secondary N) is 1. The number of hydrogen-bond acceptors (Lipinski definition) is 4. The SMILES string of the molecule is CC(=O)N[C@H](CCS(C)(=O)=O)C(=O)O. The second kappa shape index (κ2) is 4.94. The van der Waals surface area contributed by atoms with Crippen LogP contribution in [-0.2, 0) is 19.4 Å². The number of carboxylic acids is 1. The summed E-state index contributed by atoms with van der Waals surface area (Å²) in [4.78, 5) is 21.1. The molecular weight excluding hydrogens is 210 g/mol. The monoisotopic (exact) mass is 223 g/mol. The molecule has 0 aliphatic heterocycles. The fraction of sp³-hybridized carbons (Fsp3) is 0.714. The Kier molecular flexibility index (Phi) is 4.55. The van der Waals surface area contributed by atoms with E-state index in [2.05, 4.69) is 5.32 Å². The summed E-state index contributed by atoms with van der Waals surface area (Å²) in [7, 11) is -3.20. The first-order valence-corrected chi connectivity index (χ1v) is 5.96. The zero-order chi connectivity index (χ0) is 11.4. The normalized spacial score (nSPS) is 13.3. The van der Waals surface area contributed by atoms with Crippen LogP contribution in [0.5, 0.6) is 0 Å². The minimum atomic E-state index is -3.20. The molecule has 0 rings (SSSR count). The third kappa shape index (κ3) is 6.41. The van der Waals surface area contributed by atoms with Crippen LogP contribution >= 0.6 is 0 Å². The third-order valence-electron chi connectivity index (χ3n) is 1.45. The van der Waals surface area contributed by atoms with Crippen LogP contribution in [0, 0.1) is 0 Å². The number of aliphatic carboxylic acids is 1. The number of hydrogen-bond donors (Lipinski definition) is 2. The van der Waals surface area contributed by atoms with E-state index in [0.717, 1.165) is 6.26 Å². The lowest BCUT2D eigenvalue weighted by Crippen LogP contribution is -2.40. The first-order valence-electron chi connectivity index (χ1n) is 3.90. The fourth-order valence-electron chi connectivity index (χ4n) is 0.835. The van der Waals surface area contributed by atoms with Crippen molar-refractivity contribution in [2.24, 2.45) is 0 Å². The average molecular weight is 223 g/mol. The Morgan fingerprint density at radius 2 is 1.93 bits per heavy atom. The quantitative estimate of drug-likeness (QED) is 0.623. The third-order valence-corrected chi connectivity index (χ3v) is 2.43. The Hall–Kier alpha value is -1.11. The van der Waals surface area contributed by atoms with Crippen LogP contribution < -0.4 is 5.32 Å². The van der Waals surface area contributed by atoms with Crippen molar-refractivity contribution in [2.75, 3.05) is 12.0 Å². The van der Waals surface area contributed by atoms with Crippen molar-refractivity contribution < 1.29 is 23.1 Å². The maximum Gasteiger partial charge on any atom is 0.326 e. The molecule has 0 heterocycles. The Bertz CT molecular complexity index is 321. The maximum absolute atomic E-state index is 10.7. The highest BCUT2D eigenvalue weighted by Gasteiger charge is 2.19. The summed E-state index contributed by atoms with van der Waals surface area (Å²) in [6, 6.07) is -1.14. The van der Waals surface area contributed by atoms with Gasteiger partial charge in [-0.15, -0.1) is 0 Å². The molecule has 0 aliphatic rings. The summed E-state index contributed by atoms with van der Waals surface area (Å²) in [6.45, 7) is 1.18. The molecule has 7 heteroatoms. The molecule has 14 heavy (non-hydrogen) atoms. The van der Waals surface area contributed by atoms with Gasteiger partial charge in [0, 0.05) is 13.2 Å². The lowest BCUT2D eigenvalue weighted by atomic mass is 10.2. The molecular formula is C7H13NO5S. The van der Waals surface area contributed by atoms with Crippen LogP contribution in [0.25, 0.3) is 0 Å². The predicted octanol–water partition coefficient (Wildman–Crippen LogP) is -0.990. The molecule has 2 N–H and O–H groups in total. The van der Waals surface area contributed by atoms with Crippen molar-refractivity contribution in [3.8, 4) is 0 Å². The molecule has 0 aromatic carbocycles. The smallest absolute Gasteiger partial charge is 0.326 e. The molecule has 0 aliphatic carbocycles. The average Bonchev–Trinajstić information content (AvgIpc) is 1.94. The van der Waals surface area contributed by atoms with E-state index in [1.54, 1.807) is 0 Å². The molecule has 0 spiro atoms. The van der Waals surface area contributed by atoms with Crippen molar-refractivity contribution in [2.45, 2.75) is 19.4 Å². The number of carboxylic acid groups (broad SMARTS) is 1. The highest BCUT2D eigenvalue weighted by atomic mass is 32.2. The molecule has 1 amide bonds. The second-order valence-corrected chi connectivity index (χ2v) is 5.27. The maximum atomic E-state index is 10.7. The zero-order valence-electron chi connectivity index (χ0n) is 7.98. The van der Waals surface area contributed by atoms with E-state index in [1.165, 1.54) is 6.92 Å². The Labute approximate surface area is 82.2 Å². The largest absolute Gasteiger partial charge is 0.480 e. The van der Waals surface area contributed by atoms with Crippen molar-refractivity contribution in [3.05, 3.63) is 0 Å². The van der Waals surface area contributed by atoms with Gasteiger partial charge in [-0.1, -0.05) is 0 Å². The minimum absolute atomic E-state index is 0.117. The van der Waals surface area contributed by atoms with Gasteiger partial charge < -0.3 is 10.4 Å². The number of carbonyl (C=O) groups is 2. The number of sulfone groups is 1. The molecule has 0 unspecified atom stereocenters. The highest BCUT2D eigenvalue weighted by molar-refractivity contribution is 7.90. The topological polar surface area (TPSA) is 101 Å². The van der Waals surface area contributed by atoms with Gasteiger partial charge in [-0.05, 0) is 6.42 Å². The number of carbonyl (C=O) groups excluding carboxylic acids is 1. The Morgan fingerprint density at radius 3 is 2.21 bits per heavy atom. The lowest BCUT2D eigenvalue weighted by molar-refractivity contribution is -0.141. The molecule has 0 fully saturated rings. The van der Waals surface area contributed by atoms with Crippen LogP contribution in [0.15, 0.2) is 0 Å². The van der Waals surface area contributed by atoms with Gasteiger partial charge in [0.1, 0.15) is 15.9 Å². The molecule has 0 saturated heterocycles. The van der Waals surface area contributed by atoms with Gasteiger partial charge in [-0.25, -0.2) is 13.2 Å². The summed E-state index contributed by atoms with van der Waals surface area (Å²) in [5.41, 5.74) is 0. The summed E-state index contributed by atoms with van der Waals surface area (Å²) in [6.07, 6.45) is 0.896. The summed E-state index contributed by atoms with van der Waals surface area (Å²) in [5.74, 6) is -1.99. The summed E-state index contributed by atoms with van der Waals surface area (Å²) in [5, 5.41) is 10.8. The molecule has 0 bridgehead atoms. The van der Waals surface area contributed by atoms with Gasteiger partial charge in [0.25, 0.3) is 0 Å². The first-order chi connectivity index (χ1) is 6.22. The van der Waals surface area contributed by atoms with E-state index in [4.69, 9.17) is 5.11 Å². The van der Waals surface area contributed by atoms with Crippen LogP contribution in [0.3, 0.4) is 0 Å². The Morgan fingerprint density at radius 1 is 1.43 bits per heavy atom. The van der Waals surface area contributed by atoms with Gasteiger partial charge in [0.15, 0.2) is 0 Å². The van der Waals surface area contributed by atoms with E-state index in [0.29, 0.717) is 0 Å². The molecule has 6 nitrogen and oxygen atoms in total. The lowest BCUT2D eigenvalue weighted by Gasteiger charge is -2.11. The molecule has 1 atom stereocenters. The molecule has 0 radical (unpaired) electrons. The van der Waals surface area contributed by atoms with Gasteiger partial charge in [0.2, 0.25) is 5.91 Å². The number of rotatable bonds is 5. The van der Waals surface area contributed by atoms with E-state index in [1.807, 2.05) is 0 Å². The van der Waals surface area contributed by atoms with E-state index in [-0.39, 0.29) is 12.2 Å². The molecule has 0 saturated carbocycles. The van der Waals surface area contributed by atoms with E-state index in [9.17, 15) is 18.0 Å². The van der Waals surface area contributed by atoms with Gasteiger partial charge in [0.05, 0.1) is 5.75 Å². The van der Waals surface area contributed by atoms with Gasteiger partial charge in [-0.2, -0.15) is 0 Å². The van der Waals surface area contributed by atoms with E-state index < -0.39 is 27.8 Å². The second-order valence-electron chi connectivity index (χ2n) is 3.01.